The zero-order valence-corrected chi connectivity index (χ0v) is 13.5. The highest BCUT2D eigenvalue weighted by atomic mass is 15.1. The van der Waals surface area contributed by atoms with Gasteiger partial charge >= 0.3 is 0 Å². The minimum absolute atomic E-state index is 0.887. The minimum Gasteiger partial charge on any atom is -0.302 e. The number of nitrogens with zero attached hydrogens (tertiary/aromatic N) is 3. The van der Waals surface area contributed by atoms with Gasteiger partial charge in [-0.2, -0.15) is 0 Å². The van der Waals surface area contributed by atoms with Crippen LogP contribution in [0.3, 0.4) is 0 Å². The van der Waals surface area contributed by atoms with Crippen molar-refractivity contribution in [3.05, 3.63) is 23.3 Å². The Morgan fingerprint density at radius 2 is 1.61 bits per heavy atom. The maximum absolute atomic E-state index is 4.41. The summed E-state index contributed by atoms with van der Waals surface area (Å²) >= 11 is 0. The molecular weight excluding hydrogens is 222 g/mol. The molecule has 1 aromatic rings. The number of likely N-dealkylation sites (N-methyl/N-ethyl adjacent to an activating group) is 1. The molecule has 0 aliphatic carbocycles. The molecule has 2 heterocycles. The number of rotatable bonds is 0. The molecule has 0 fully saturated rings. The topological polar surface area (TPSA) is 29.0 Å². The summed E-state index contributed by atoms with van der Waals surface area (Å²) in [5, 5.41) is 0. The normalized spacial score (nSPS) is 12.7. The molecule has 0 radical (unpaired) electrons. The second-order valence-electron chi connectivity index (χ2n) is 3.38. The lowest BCUT2D eigenvalue weighted by Crippen LogP contribution is -2.27. The largest absolute Gasteiger partial charge is 0.302 e. The van der Waals surface area contributed by atoms with Crippen molar-refractivity contribution >= 4 is 0 Å². The number of hydrogen-bond acceptors (Lipinski definition) is 3. The summed E-state index contributed by atoms with van der Waals surface area (Å²) in [6.07, 6.45) is 3.02. The number of aryl methyl sites for hydroxylation is 1. The molecule has 0 N–H and O–H groups in total. The van der Waals surface area contributed by atoms with E-state index >= 15 is 0 Å². The number of aromatic nitrogens is 2. The Labute approximate surface area is 114 Å². The van der Waals surface area contributed by atoms with Crippen LogP contribution in [-0.4, -0.2) is 28.5 Å². The van der Waals surface area contributed by atoms with Gasteiger partial charge in [0.05, 0.1) is 0 Å². The SMILES string of the molecule is CC.CC.CC.Cc1ncc2c(n1)CCN(C)C2. The zero-order valence-electron chi connectivity index (χ0n) is 13.5. The van der Waals surface area contributed by atoms with E-state index in [4.69, 9.17) is 0 Å². The molecule has 1 aliphatic rings. The molecule has 1 aromatic heterocycles. The second kappa shape index (κ2) is 12.5. The van der Waals surface area contributed by atoms with Crippen LogP contribution in [0.2, 0.25) is 0 Å². The van der Waals surface area contributed by atoms with Gasteiger partial charge in [0.15, 0.2) is 0 Å². The molecule has 18 heavy (non-hydrogen) atoms. The number of fused-ring (bicyclic) bond motifs is 1. The highest BCUT2D eigenvalue weighted by Gasteiger charge is 2.13. The van der Waals surface area contributed by atoms with E-state index in [2.05, 4.69) is 21.9 Å². The fourth-order valence-corrected chi connectivity index (χ4v) is 1.56. The predicted octanol–water partition coefficient (Wildman–Crippen LogP) is 3.85. The molecule has 3 nitrogen and oxygen atoms in total. The molecule has 1 aliphatic heterocycles. The van der Waals surface area contributed by atoms with Crippen molar-refractivity contribution in [3.63, 3.8) is 0 Å². The van der Waals surface area contributed by atoms with E-state index in [0.29, 0.717) is 0 Å². The van der Waals surface area contributed by atoms with Gasteiger partial charge < -0.3 is 4.90 Å². The van der Waals surface area contributed by atoms with Crippen molar-refractivity contribution in [2.75, 3.05) is 13.6 Å². The van der Waals surface area contributed by atoms with E-state index in [9.17, 15) is 0 Å². The van der Waals surface area contributed by atoms with Gasteiger partial charge in [-0.3, -0.25) is 0 Å². The van der Waals surface area contributed by atoms with E-state index in [1.54, 1.807) is 0 Å². The summed E-state index contributed by atoms with van der Waals surface area (Å²) in [7, 11) is 2.13. The van der Waals surface area contributed by atoms with Crippen LogP contribution in [0.4, 0.5) is 0 Å². The standard InChI is InChI=1S/C9H13N3.3C2H6/c1-7-10-5-8-6-12(2)4-3-9(8)11-7;3*1-2/h5H,3-4,6H2,1-2H3;3*1-2H3. The molecule has 0 amide bonds. The van der Waals surface area contributed by atoms with Crippen molar-refractivity contribution in [2.24, 2.45) is 0 Å². The van der Waals surface area contributed by atoms with Gasteiger partial charge in [0.25, 0.3) is 0 Å². The van der Waals surface area contributed by atoms with Crippen molar-refractivity contribution < 1.29 is 0 Å². The van der Waals surface area contributed by atoms with E-state index in [-0.39, 0.29) is 0 Å². The fraction of sp³-hybridized carbons (Fsp3) is 0.733. The van der Waals surface area contributed by atoms with Gasteiger partial charge in [0.2, 0.25) is 0 Å². The Bertz CT molecular complexity index is 298. The van der Waals surface area contributed by atoms with Gasteiger partial charge in [-0.05, 0) is 14.0 Å². The average Bonchev–Trinajstić information content (AvgIpc) is 2.46. The molecule has 0 aromatic carbocycles. The summed E-state index contributed by atoms with van der Waals surface area (Å²) in [5.74, 6) is 0.887. The predicted molar refractivity (Wildman–Crippen MR) is 80.9 cm³/mol. The summed E-state index contributed by atoms with van der Waals surface area (Å²) in [6, 6.07) is 0. The van der Waals surface area contributed by atoms with Crippen LogP contribution >= 0.6 is 0 Å². The fourth-order valence-electron chi connectivity index (χ4n) is 1.56. The highest BCUT2D eigenvalue weighted by molar-refractivity contribution is 5.19. The maximum Gasteiger partial charge on any atom is 0.125 e. The van der Waals surface area contributed by atoms with Gasteiger partial charge in [0.1, 0.15) is 5.82 Å². The molecule has 0 bridgehead atoms. The van der Waals surface area contributed by atoms with Crippen molar-refractivity contribution in [1.29, 1.82) is 0 Å². The van der Waals surface area contributed by atoms with Crippen molar-refractivity contribution in [2.45, 2.75) is 61.4 Å². The Balaban J connectivity index is 0. The zero-order chi connectivity index (χ0) is 14.6. The third kappa shape index (κ3) is 6.70. The summed E-state index contributed by atoms with van der Waals surface area (Å²) in [4.78, 5) is 10.9. The van der Waals surface area contributed by atoms with Crippen LogP contribution in [-0.2, 0) is 13.0 Å². The first-order valence-electron chi connectivity index (χ1n) is 7.25. The molecule has 3 heteroatoms. The van der Waals surface area contributed by atoms with Crippen molar-refractivity contribution in [1.82, 2.24) is 14.9 Å². The Kier molecular flexibility index (Phi) is 13.5. The third-order valence-corrected chi connectivity index (χ3v) is 2.25. The average molecular weight is 253 g/mol. The van der Waals surface area contributed by atoms with Crippen LogP contribution in [0.5, 0.6) is 0 Å². The lowest BCUT2D eigenvalue weighted by atomic mass is 10.1. The first-order chi connectivity index (χ1) is 8.75. The van der Waals surface area contributed by atoms with Gasteiger partial charge in [-0.15, -0.1) is 0 Å². The Morgan fingerprint density at radius 1 is 1.06 bits per heavy atom. The van der Waals surface area contributed by atoms with E-state index in [1.165, 1.54) is 11.3 Å². The van der Waals surface area contributed by atoms with Crippen LogP contribution in [0.15, 0.2) is 6.20 Å². The molecule has 0 spiro atoms. The van der Waals surface area contributed by atoms with Crippen LogP contribution in [0.25, 0.3) is 0 Å². The van der Waals surface area contributed by atoms with Gasteiger partial charge in [-0.25, -0.2) is 9.97 Å². The van der Waals surface area contributed by atoms with Crippen LogP contribution in [0.1, 0.15) is 58.6 Å². The van der Waals surface area contributed by atoms with Crippen molar-refractivity contribution in [3.8, 4) is 0 Å². The summed E-state index contributed by atoms with van der Waals surface area (Å²) in [5.41, 5.74) is 2.52. The molecule has 0 saturated heterocycles. The van der Waals surface area contributed by atoms with Crippen LogP contribution in [0, 0.1) is 6.92 Å². The second-order valence-corrected chi connectivity index (χ2v) is 3.38. The van der Waals surface area contributed by atoms with E-state index < -0.39 is 0 Å². The molecule has 0 atom stereocenters. The first-order valence-corrected chi connectivity index (χ1v) is 7.25. The molecular formula is C15H31N3. The quantitative estimate of drug-likeness (QED) is 0.703. The highest BCUT2D eigenvalue weighted by Crippen LogP contribution is 2.14. The lowest BCUT2D eigenvalue weighted by Gasteiger charge is -2.23. The summed E-state index contributed by atoms with van der Waals surface area (Å²) < 4.78 is 0. The van der Waals surface area contributed by atoms with Crippen LogP contribution < -0.4 is 0 Å². The van der Waals surface area contributed by atoms with E-state index in [1.807, 2.05) is 54.7 Å². The molecule has 106 valence electrons. The third-order valence-electron chi connectivity index (χ3n) is 2.25. The Hall–Kier alpha value is -0.960. The van der Waals surface area contributed by atoms with Gasteiger partial charge in [-0.1, -0.05) is 41.5 Å². The first kappa shape index (κ1) is 19.4. The smallest absolute Gasteiger partial charge is 0.125 e. The lowest BCUT2D eigenvalue weighted by molar-refractivity contribution is 0.308. The monoisotopic (exact) mass is 253 g/mol. The minimum atomic E-state index is 0.887. The molecule has 0 unspecified atom stereocenters. The summed E-state index contributed by atoms with van der Waals surface area (Å²) in [6.45, 7) is 16.1. The molecule has 0 saturated carbocycles. The number of hydrogen-bond donors (Lipinski definition) is 0. The molecule has 2 rings (SSSR count). The Morgan fingerprint density at radius 3 is 2.17 bits per heavy atom. The van der Waals surface area contributed by atoms with Gasteiger partial charge in [0, 0.05) is 37.0 Å². The maximum atomic E-state index is 4.41. The van der Waals surface area contributed by atoms with E-state index in [0.717, 1.165) is 25.3 Å².